The molecule has 0 unspecified atom stereocenters. The molecule has 0 aliphatic carbocycles. The van der Waals surface area contributed by atoms with Crippen LogP contribution < -0.4 is 10.1 Å². The second kappa shape index (κ2) is 8.46. The molecule has 6 nitrogen and oxygen atoms in total. The van der Waals surface area contributed by atoms with Gasteiger partial charge in [-0.3, -0.25) is 4.79 Å². The summed E-state index contributed by atoms with van der Waals surface area (Å²) in [6.07, 6.45) is 0. The van der Waals surface area contributed by atoms with Crippen molar-refractivity contribution in [3.63, 3.8) is 0 Å². The monoisotopic (exact) mass is 467 g/mol. The lowest BCUT2D eigenvalue weighted by atomic mass is 10.1. The Morgan fingerprint density at radius 1 is 1.00 bits per heavy atom. The van der Waals surface area contributed by atoms with Gasteiger partial charge in [-0.05, 0) is 64.5 Å². The highest BCUT2D eigenvalue weighted by molar-refractivity contribution is 9.10. The zero-order valence-corrected chi connectivity index (χ0v) is 17.3. The van der Waals surface area contributed by atoms with Crippen LogP contribution >= 0.6 is 15.9 Å². The van der Waals surface area contributed by atoms with E-state index >= 15 is 0 Å². The van der Waals surface area contributed by atoms with Crippen molar-refractivity contribution in [2.24, 2.45) is 0 Å². The van der Waals surface area contributed by atoms with Crippen LogP contribution in [0.1, 0.15) is 10.4 Å². The fourth-order valence-corrected chi connectivity index (χ4v) is 3.26. The number of halogens is 2. The van der Waals surface area contributed by atoms with Crippen molar-refractivity contribution in [1.29, 1.82) is 0 Å². The molecule has 30 heavy (non-hydrogen) atoms. The molecule has 3 aromatic carbocycles. The van der Waals surface area contributed by atoms with E-state index < -0.39 is 11.7 Å². The molecule has 1 N–H and O–H groups in total. The SMILES string of the molecule is COc1ccc(Br)c(-c2nnc(-c3ccccc3NC(=O)c3cccc(F)c3)o2)c1. The standard InChI is InChI=1S/C22H15BrFN3O3/c1-29-15-9-10-18(23)17(12-15)22-27-26-21(30-22)16-7-2-3-8-19(16)25-20(28)13-5-4-6-14(24)11-13/h2-12H,1H3,(H,25,28). The molecule has 0 saturated carbocycles. The summed E-state index contributed by atoms with van der Waals surface area (Å²) in [4.78, 5) is 12.5. The van der Waals surface area contributed by atoms with Crippen LogP contribution in [0, 0.1) is 5.82 Å². The van der Waals surface area contributed by atoms with Gasteiger partial charge in [-0.15, -0.1) is 10.2 Å². The third kappa shape index (κ3) is 4.08. The average molecular weight is 468 g/mol. The van der Waals surface area contributed by atoms with Crippen LogP contribution in [0.5, 0.6) is 5.75 Å². The lowest BCUT2D eigenvalue weighted by Gasteiger charge is -2.09. The van der Waals surface area contributed by atoms with Crippen LogP contribution in [0.15, 0.2) is 75.6 Å². The second-order valence-corrected chi connectivity index (χ2v) is 7.12. The van der Waals surface area contributed by atoms with Crippen molar-refractivity contribution in [3.05, 3.63) is 82.6 Å². The molecule has 0 fully saturated rings. The molecule has 0 bridgehead atoms. The Morgan fingerprint density at radius 2 is 1.77 bits per heavy atom. The molecule has 0 atom stereocenters. The molecule has 0 radical (unpaired) electrons. The highest BCUT2D eigenvalue weighted by Crippen LogP contribution is 2.34. The summed E-state index contributed by atoms with van der Waals surface area (Å²) in [5.41, 5.74) is 1.89. The normalized spacial score (nSPS) is 10.6. The fourth-order valence-electron chi connectivity index (χ4n) is 2.84. The predicted molar refractivity (Wildman–Crippen MR) is 114 cm³/mol. The van der Waals surface area contributed by atoms with Crippen LogP contribution in [-0.4, -0.2) is 23.2 Å². The van der Waals surface area contributed by atoms with Gasteiger partial charge in [0, 0.05) is 10.0 Å². The number of ether oxygens (including phenoxy) is 1. The summed E-state index contributed by atoms with van der Waals surface area (Å²) in [7, 11) is 1.57. The van der Waals surface area contributed by atoms with E-state index in [-0.39, 0.29) is 11.5 Å². The van der Waals surface area contributed by atoms with E-state index in [9.17, 15) is 9.18 Å². The van der Waals surface area contributed by atoms with Gasteiger partial charge in [0.2, 0.25) is 11.8 Å². The number of nitrogens with zero attached hydrogens (tertiary/aromatic N) is 2. The number of nitrogens with one attached hydrogen (secondary N) is 1. The molecule has 1 heterocycles. The maximum atomic E-state index is 13.4. The molecule has 0 spiro atoms. The molecule has 0 saturated heterocycles. The van der Waals surface area contributed by atoms with Crippen LogP contribution in [-0.2, 0) is 0 Å². The van der Waals surface area contributed by atoms with E-state index in [2.05, 4.69) is 31.4 Å². The Hall–Kier alpha value is -3.52. The van der Waals surface area contributed by atoms with Crippen LogP contribution in [0.4, 0.5) is 10.1 Å². The number of benzene rings is 3. The Balaban J connectivity index is 1.66. The first-order chi connectivity index (χ1) is 14.5. The molecule has 1 aromatic heterocycles. The van der Waals surface area contributed by atoms with Gasteiger partial charge < -0.3 is 14.5 Å². The number of hydrogen-bond acceptors (Lipinski definition) is 5. The van der Waals surface area contributed by atoms with Gasteiger partial charge >= 0.3 is 0 Å². The Kier molecular flexibility index (Phi) is 5.58. The highest BCUT2D eigenvalue weighted by atomic mass is 79.9. The van der Waals surface area contributed by atoms with Gasteiger partial charge in [-0.1, -0.05) is 18.2 Å². The van der Waals surface area contributed by atoms with Gasteiger partial charge in [0.05, 0.1) is 23.9 Å². The smallest absolute Gasteiger partial charge is 0.255 e. The van der Waals surface area contributed by atoms with E-state index in [4.69, 9.17) is 9.15 Å². The third-order valence-electron chi connectivity index (χ3n) is 4.32. The summed E-state index contributed by atoms with van der Waals surface area (Å²) >= 11 is 3.47. The van der Waals surface area contributed by atoms with E-state index in [1.165, 1.54) is 24.3 Å². The minimum atomic E-state index is -0.485. The van der Waals surface area contributed by atoms with Gasteiger partial charge in [0.25, 0.3) is 5.91 Å². The second-order valence-electron chi connectivity index (χ2n) is 6.27. The predicted octanol–water partition coefficient (Wildman–Crippen LogP) is 5.57. The van der Waals surface area contributed by atoms with Crippen molar-refractivity contribution >= 4 is 27.5 Å². The van der Waals surface area contributed by atoms with Gasteiger partial charge in [-0.25, -0.2) is 4.39 Å². The maximum Gasteiger partial charge on any atom is 0.255 e. The van der Waals surface area contributed by atoms with Crippen molar-refractivity contribution in [3.8, 4) is 28.7 Å². The topological polar surface area (TPSA) is 77.3 Å². The Bertz CT molecular complexity index is 1230. The highest BCUT2D eigenvalue weighted by Gasteiger charge is 2.17. The van der Waals surface area contributed by atoms with Gasteiger partial charge in [-0.2, -0.15) is 0 Å². The summed E-state index contributed by atoms with van der Waals surface area (Å²) in [6, 6.07) is 17.9. The molecule has 0 aliphatic heterocycles. The van der Waals surface area contributed by atoms with Crippen molar-refractivity contribution in [2.75, 3.05) is 12.4 Å². The number of methoxy groups -OCH3 is 1. The minimum absolute atomic E-state index is 0.205. The van der Waals surface area contributed by atoms with E-state index in [1.807, 2.05) is 12.1 Å². The van der Waals surface area contributed by atoms with Crippen molar-refractivity contribution in [1.82, 2.24) is 10.2 Å². The molecule has 4 rings (SSSR count). The summed E-state index contributed by atoms with van der Waals surface area (Å²) in [6.45, 7) is 0. The van der Waals surface area contributed by atoms with Gasteiger partial charge in [0.15, 0.2) is 0 Å². The van der Waals surface area contributed by atoms with Crippen LogP contribution in [0.25, 0.3) is 22.9 Å². The molecule has 4 aromatic rings. The summed E-state index contributed by atoms with van der Waals surface area (Å²) in [5.74, 6) is 0.242. The molecule has 150 valence electrons. The summed E-state index contributed by atoms with van der Waals surface area (Å²) in [5, 5.41) is 11.0. The first-order valence-electron chi connectivity index (χ1n) is 8.89. The van der Waals surface area contributed by atoms with E-state index in [1.54, 1.807) is 37.4 Å². The Labute approximate surface area is 179 Å². The average Bonchev–Trinajstić information content (AvgIpc) is 3.24. The van der Waals surface area contributed by atoms with Crippen LogP contribution in [0.2, 0.25) is 0 Å². The zero-order chi connectivity index (χ0) is 21.1. The zero-order valence-electron chi connectivity index (χ0n) is 15.7. The lowest BCUT2D eigenvalue weighted by Crippen LogP contribution is -2.12. The van der Waals surface area contributed by atoms with Crippen molar-refractivity contribution < 1.29 is 18.3 Å². The fraction of sp³-hybridized carbons (Fsp3) is 0.0455. The maximum absolute atomic E-state index is 13.4. The molecular formula is C22H15BrFN3O3. The minimum Gasteiger partial charge on any atom is -0.497 e. The lowest BCUT2D eigenvalue weighted by molar-refractivity contribution is 0.102. The number of hydrogen-bond donors (Lipinski definition) is 1. The van der Waals surface area contributed by atoms with E-state index in [0.717, 1.165) is 4.47 Å². The first-order valence-corrected chi connectivity index (χ1v) is 9.68. The molecular weight excluding hydrogens is 453 g/mol. The number of para-hydroxylation sites is 1. The van der Waals surface area contributed by atoms with Crippen molar-refractivity contribution in [2.45, 2.75) is 0 Å². The third-order valence-corrected chi connectivity index (χ3v) is 5.01. The molecule has 8 heteroatoms. The largest absolute Gasteiger partial charge is 0.497 e. The van der Waals surface area contributed by atoms with Crippen LogP contribution in [0.3, 0.4) is 0 Å². The molecule has 1 amide bonds. The number of carbonyl (C=O) groups is 1. The van der Waals surface area contributed by atoms with E-state index in [0.29, 0.717) is 28.5 Å². The number of anilines is 1. The number of aromatic nitrogens is 2. The number of rotatable bonds is 5. The Morgan fingerprint density at radius 3 is 2.53 bits per heavy atom. The summed E-state index contributed by atoms with van der Waals surface area (Å²) < 4.78 is 25.3. The number of amides is 1. The molecule has 0 aliphatic rings. The van der Waals surface area contributed by atoms with Gasteiger partial charge in [0.1, 0.15) is 11.6 Å². The quantitative estimate of drug-likeness (QED) is 0.415. The number of carbonyl (C=O) groups excluding carboxylic acids is 1. The first kappa shape index (κ1) is 19.8.